The first-order valence-corrected chi connectivity index (χ1v) is 5.53. The molecule has 0 saturated carbocycles. The van der Waals surface area contributed by atoms with Crippen molar-refractivity contribution in [3.63, 3.8) is 0 Å². The van der Waals surface area contributed by atoms with Gasteiger partial charge in [-0.25, -0.2) is 4.79 Å². The van der Waals surface area contributed by atoms with Gasteiger partial charge in [-0.3, -0.25) is 9.69 Å². The van der Waals surface area contributed by atoms with Crippen LogP contribution in [0.3, 0.4) is 0 Å². The van der Waals surface area contributed by atoms with Crippen molar-refractivity contribution in [2.45, 2.75) is 38.8 Å². The zero-order valence-electron chi connectivity index (χ0n) is 10.4. The minimum Gasteiger partial charge on any atom is -0.444 e. The molecular weight excluding hydrogens is 226 g/mol. The van der Waals surface area contributed by atoms with Gasteiger partial charge in [0.2, 0.25) is 0 Å². The highest BCUT2D eigenvalue weighted by molar-refractivity contribution is 5.88. The maximum Gasteiger partial charge on any atom is 0.411 e. The van der Waals surface area contributed by atoms with Crippen LogP contribution in [0.1, 0.15) is 27.2 Å². The number of nitrogens with zero attached hydrogens (tertiary/aromatic N) is 1. The Morgan fingerprint density at radius 2 is 2.18 bits per heavy atom. The second-order valence-electron chi connectivity index (χ2n) is 5.00. The predicted octanol–water partition coefficient (Wildman–Crippen LogP) is 0.531. The molecule has 0 aromatic heterocycles. The zero-order chi connectivity index (χ0) is 13.1. The van der Waals surface area contributed by atoms with Crippen LogP contribution in [0.5, 0.6) is 0 Å². The molecule has 17 heavy (non-hydrogen) atoms. The van der Waals surface area contributed by atoms with Gasteiger partial charge in [0.05, 0.1) is 19.2 Å². The van der Waals surface area contributed by atoms with Gasteiger partial charge >= 0.3 is 6.09 Å². The lowest BCUT2D eigenvalue weighted by Crippen LogP contribution is -2.41. The fraction of sp³-hybridized carbons (Fsp3) is 0.818. The molecule has 1 rings (SSSR count). The average molecular weight is 245 g/mol. The molecule has 1 aliphatic rings. The van der Waals surface area contributed by atoms with Gasteiger partial charge in [0.1, 0.15) is 12.4 Å². The molecule has 1 atom stereocenters. The van der Waals surface area contributed by atoms with Crippen LogP contribution in [0.2, 0.25) is 0 Å². The number of aliphatic hydroxyl groups is 1. The van der Waals surface area contributed by atoms with Crippen LogP contribution in [0.25, 0.3) is 0 Å². The molecule has 6 heteroatoms. The third-order valence-corrected chi connectivity index (χ3v) is 2.28. The second kappa shape index (κ2) is 5.46. The maximum atomic E-state index is 11.8. The van der Waals surface area contributed by atoms with Gasteiger partial charge in [-0.05, 0) is 20.8 Å². The topological polar surface area (TPSA) is 76.1 Å². The molecule has 1 amide bonds. The van der Waals surface area contributed by atoms with E-state index in [-0.39, 0.29) is 31.4 Å². The molecular formula is C11H19NO5. The lowest BCUT2D eigenvalue weighted by atomic mass is 10.2. The van der Waals surface area contributed by atoms with Crippen LogP contribution in [-0.4, -0.2) is 53.5 Å². The molecule has 1 unspecified atom stereocenters. The molecule has 1 N–H and O–H groups in total. The second-order valence-corrected chi connectivity index (χ2v) is 5.00. The Hall–Kier alpha value is -1.14. The van der Waals surface area contributed by atoms with E-state index in [1.54, 1.807) is 20.8 Å². The first-order chi connectivity index (χ1) is 7.83. The number of Topliss-reactive ketones (excluding diaryl/α,β-unsaturated/α-hetero) is 1. The number of rotatable bonds is 3. The van der Waals surface area contributed by atoms with Gasteiger partial charge < -0.3 is 14.6 Å². The fourth-order valence-electron chi connectivity index (χ4n) is 1.63. The summed E-state index contributed by atoms with van der Waals surface area (Å²) in [6.07, 6.45) is -0.269. The lowest BCUT2D eigenvalue weighted by molar-refractivity contribution is -0.117. The molecule has 1 fully saturated rings. The molecule has 0 aromatic carbocycles. The van der Waals surface area contributed by atoms with Crippen LogP contribution in [0, 0.1) is 0 Å². The van der Waals surface area contributed by atoms with Crippen LogP contribution in [-0.2, 0) is 14.3 Å². The van der Waals surface area contributed by atoms with Crippen molar-refractivity contribution in [2.75, 3.05) is 19.9 Å². The van der Waals surface area contributed by atoms with E-state index in [9.17, 15) is 9.59 Å². The number of ether oxygens (including phenoxy) is 2. The highest BCUT2D eigenvalue weighted by Gasteiger charge is 2.36. The first-order valence-electron chi connectivity index (χ1n) is 5.53. The van der Waals surface area contributed by atoms with Crippen molar-refractivity contribution >= 4 is 11.9 Å². The van der Waals surface area contributed by atoms with Gasteiger partial charge in [-0.2, -0.15) is 0 Å². The Morgan fingerprint density at radius 3 is 2.71 bits per heavy atom. The molecule has 0 spiro atoms. The Kier molecular flexibility index (Phi) is 4.47. The fourth-order valence-corrected chi connectivity index (χ4v) is 1.63. The van der Waals surface area contributed by atoms with Crippen molar-refractivity contribution in [1.82, 2.24) is 4.90 Å². The van der Waals surface area contributed by atoms with E-state index in [2.05, 4.69) is 0 Å². The molecule has 98 valence electrons. The Morgan fingerprint density at radius 1 is 1.53 bits per heavy atom. The van der Waals surface area contributed by atoms with E-state index in [4.69, 9.17) is 14.6 Å². The van der Waals surface area contributed by atoms with Crippen molar-refractivity contribution in [1.29, 1.82) is 0 Å². The summed E-state index contributed by atoms with van der Waals surface area (Å²) < 4.78 is 10.0. The first kappa shape index (κ1) is 13.9. The number of hydrogen-bond acceptors (Lipinski definition) is 5. The third-order valence-electron chi connectivity index (χ3n) is 2.28. The smallest absolute Gasteiger partial charge is 0.411 e. The summed E-state index contributed by atoms with van der Waals surface area (Å²) in [6.45, 7) is 5.06. The van der Waals surface area contributed by atoms with Crippen molar-refractivity contribution in [3.8, 4) is 0 Å². The number of amides is 1. The van der Waals surface area contributed by atoms with Gasteiger partial charge in [-0.1, -0.05) is 0 Å². The van der Waals surface area contributed by atoms with Crippen LogP contribution in [0.15, 0.2) is 0 Å². The Labute approximate surface area is 100 Å². The monoisotopic (exact) mass is 245 g/mol. The molecule has 1 aliphatic heterocycles. The van der Waals surface area contributed by atoms with Gasteiger partial charge in [0, 0.05) is 6.42 Å². The van der Waals surface area contributed by atoms with Crippen molar-refractivity contribution in [2.24, 2.45) is 0 Å². The molecule has 0 radical (unpaired) electrons. The third kappa shape index (κ3) is 4.32. The standard InChI is InChI=1S/C11H19NO5/c1-11(2,3)17-10(15)12-5-9(14)4-8(12)6-16-7-13/h8,13H,4-7H2,1-3H3. The number of aliphatic hydroxyl groups excluding tert-OH is 1. The number of ketones is 1. The van der Waals surface area contributed by atoms with Crippen molar-refractivity contribution in [3.05, 3.63) is 0 Å². The number of carbonyl (C=O) groups excluding carboxylic acids is 2. The molecule has 1 heterocycles. The average Bonchev–Trinajstić information content (AvgIpc) is 2.54. The minimum absolute atomic E-state index is 0.0256. The number of likely N-dealkylation sites (tertiary alicyclic amines) is 1. The molecule has 0 aliphatic carbocycles. The van der Waals surface area contributed by atoms with E-state index in [1.165, 1.54) is 4.90 Å². The Bertz CT molecular complexity index is 297. The summed E-state index contributed by atoms with van der Waals surface area (Å²) in [4.78, 5) is 24.5. The SMILES string of the molecule is CC(C)(C)OC(=O)N1CC(=O)CC1COCO. The number of hydrogen-bond donors (Lipinski definition) is 1. The minimum atomic E-state index is -0.592. The summed E-state index contributed by atoms with van der Waals surface area (Å²) >= 11 is 0. The molecule has 0 aromatic rings. The number of carbonyl (C=O) groups is 2. The quantitative estimate of drug-likeness (QED) is 0.734. The van der Waals surface area contributed by atoms with Gasteiger partial charge in [0.15, 0.2) is 5.78 Å². The van der Waals surface area contributed by atoms with E-state index in [0.717, 1.165) is 0 Å². The molecule has 1 saturated heterocycles. The summed E-state index contributed by atoms with van der Waals surface area (Å²) in [5.41, 5.74) is -0.592. The maximum absolute atomic E-state index is 11.8. The van der Waals surface area contributed by atoms with Crippen molar-refractivity contribution < 1.29 is 24.2 Å². The van der Waals surface area contributed by atoms with E-state index < -0.39 is 18.5 Å². The summed E-state index contributed by atoms with van der Waals surface area (Å²) in [5.74, 6) is -0.0256. The predicted molar refractivity (Wildman–Crippen MR) is 59.4 cm³/mol. The summed E-state index contributed by atoms with van der Waals surface area (Å²) in [6, 6.07) is -0.343. The summed E-state index contributed by atoms with van der Waals surface area (Å²) in [7, 11) is 0. The van der Waals surface area contributed by atoms with Gasteiger partial charge in [0.25, 0.3) is 0 Å². The normalized spacial score (nSPS) is 20.8. The van der Waals surface area contributed by atoms with Crippen LogP contribution >= 0.6 is 0 Å². The van der Waals surface area contributed by atoms with Crippen LogP contribution < -0.4 is 0 Å². The summed E-state index contributed by atoms with van der Waals surface area (Å²) in [5, 5.41) is 8.56. The molecule has 0 bridgehead atoms. The Balaban J connectivity index is 2.60. The van der Waals surface area contributed by atoms with Gasteiger partial charge in [-0.15, -0.1) is 0 Å². The molecule has 6 nitrogen and oxygen atoms in total. The highest BCUT2D eigenvalue weighted by Crippen LogP contribution is 2.19. The lowest BCUT2D eigenvalue weighted by Gasteiger charge is -2.27. The van der Waals surface area contributed by atoms with Crippen LogP contribution in [0.4, 0.5) is 4.79 Å². The van der Waals surface area contributed by atoms with E-state index in [0.29, 0.717) is 0 Å². The van der Waals surface area contributed by atoms with E-state index in [1.807, 2.05) is 0 Å². The largest absolute Gasteiger partial charge is 0.444 e. The zero-order valence-corrected chi connectivity index (χ0v) is 10.4. The van der Waals surface area contributed by atoms with E-state index >= 15 is 0 Å². The highest BCUT2D eigenvalue weighted by atomic mass is 16.6.